The summed E-state index contributed by atoms with van der Waals surface area (Å²) in [6.07, 6.45) is 1.69. The highest BCUT2D eigenvalue weighted by Crippen LogP contribution is 2.44. The summed E-state index contributed by atoms with van der Waals surface area (Å²) in [7, 11) is 0. The lowest BCUT2D eigenvalue weighted by Gasteiger charge is -2.10. The van der Waals surface area contributed by atoms with Gasteiger partial charge in [-0.2, -0.15) is 0 Å². The minimum absolute atomic E-state index is 0. The van der Waals surface area contributed by atoms with Gasteiger partial charge in [-0.05, 0) is 36.2 Å². The number of fused-ring (bicyclic) bond motifs is 1. The van der Waals surface area contributed by atoms with Crippen LogP contribution in [0.1, 0.15) is 24.3 Å². The fraction of sp³-hybridized carbons (Fsp3) is 0.316. The molecule has 0 radical (unpaired) electrons. The average Bonchev–Trinajstić information content (AvgIpc) is 3.40. The van der Waals surface area contributed by atoms with Crippen LogP contribution >= 0.6 is 35.6 Å². The number of nitrogens with two attached hydrogens (primary N) is 1. The van der Waals surface area contributed by atoms with Crippen LogP contribution in [-0.2, 0) is 0 Å². The molecule has 8 heteroatoms. The molecule has 1 saturated carbocycles. The van der Waals surface area contributed by atoms with Gasteiger partial charge in [0.15, 0.2) is 17.5 Å². The summed E-state index contributed by atoms with van der Waals surface area (Å²) in [5.41, 5.74) is 7.69. The van der Waals surface area contributed by atoms with E-state index >= 15 is 0 Å². The van der Waals surface area contributed by atoms with Crippen LogP contribution in [0.25, 0.3) is 0 Å². The largest absolute Gasteiger partial charge is 0.490 e. The molecule has 1 aliphatic carbocycles. The molecule has 0 bridgehead atoms. The second-order valence-corrected chi connectivity index (χ2v) is 6.84. The van der Waals surface area contributed by atoms with Crippen LogP contribution in [0.15, 0.2) is 41.4 Å². The third kappa shape index (κ3) is 4.76. The third-order valence-electron chi connectivity index (χ3n) is 4.45. The molecule has 27 heavy (non-hydrogen) atoms. The number of hydrogen-bond donors (Lipinski definition) is 2. The van der Waals surface area contributed by atoms with Gasteiger partial charge < -0.3 is 20.5 Å². The number of nitrogens with zero attached hydrogens (tertiary/aromatic N) is 1. The number of anilines is 1. The standard InChI is InChI=1S/C19H19ClFN3O2.HI/c20-14-4-2-11(8-15(14)21)13-10-16(13)24-19(22)23-12-3-5-17-18(9-12)26-7-1-6-25-17;/h2-5,8-9,13,16H,1,6-7,10H2,(H3,22,23,24);1H/t13-,16+;/m0./s1. The average molecular weight is 504 g/mol. The number of benzene rings is 2. The Balaban J connectivity index is 0.00000210. The first-order valence-electron chi connectivity index (χ1n) is 8.55. The van der Waals surface area contributed by atoms with Gasteiger partial charge in [-0.1, -0.05) is 17.7 Å². The monoisotopic (exact) mass is 503 g/mol. The molecule has 1 heterocycles. The Morgan fingerprint density at radius 2 is 1.93 bits per heavy atom. The van der Waals surface area contributed by atoms with Gasteiger partial charge >= 0.3 is 0 Å². The molecule has 0 aromatic heterocycles. The Labute approximate surface area is 179 Å². The van der Waals surface area contributed by atoms with Gasteiger partial charge in [0.2, 0.25) is 0 Å². The van der Waals surface area contributed by atoms with Crippen LogP contribution in [0.3, 0.4) is 0 Å². The van der Waals surface area contributed by atoms with Crippen molar-refractivity contribution in [3.8, 4) is 11.5 Å². The zero-order valence-electron chi connectivity index (χ0n) is 14.5. The summed E-state index contributed by atoms with van der Waals surface area (Å²) in [5.74, 6) is 1.52. The second kappa shape index (κ2) is 8.52. The molecule has 2 aromatic carbocycles. The number of rotatable bonds is 3. The summed E-state index contributed by atoms with van der Waals surface area (Å²) >= 11 is 5.73. The molecule has 2 aromatic rings. The summed E-state index contributed by atoms with van der Waals surface area (Å²) in [6, 6.07) is 10.5. The molecule has 4 rings (SSSR count). The zero-order chi connectivity index (χ0) is 18.1. The van der Waals surface area contributed by atoms with Crippen LogP contribution in [0.4, 0.5) is 10.1 Å². The number of hydrogen-bond acceptors (Lipinski definition) is 3. The Kier molecular flexibility index (Phi) is 6.31. The molecule has 3 N–H and O–H groups in total. The highest BCUT2D eigenvalue weighted by molar-refractivity contribution is 14.0. The van der Waals surface area contributed by atoms with Gasteiger partial charge in [0.25, 0.3) is 0 Å². The van der Waals surface area contributed by atoms with E-state index < -0.39 is 5.82 Å². The molecule has 2 atom stereocenters. The van der Waals surface area contributed by atoms with E-state index in [0.29, 0.717) is 24.9 Å². The minimum atomic E-state index is -0.405. The lowest BCUT2D eigenvalue weighted by Crippen LogP contribution is -2.23. The Morgan fingerprint density at radius 1 is 1.15 bits per heavy atom. The SMILES string of the molecule is I.NC(=N[C@@H]1C[C@H]1c1ccc(Cl)c(F)c1)Nc1ccc2c(c1)OCCCO2. The van der Waals surface area contributed by atoms with Gasteiger partial charge in [0, 0.05) is 24.1 Å². The quantitative estimate of drug-likeness (QED) is 0.367. The van der Waals surface area contributed by atoms with E-state index in [9.17, 15) is 4.39 Å². The molecule has 144 valence electrons. The van der Waals surface area contributed by atoms with Crippen molar-refractivity contribution >= 4 is 47.2 Å². The maximum absolute atomic E-state index is 13.6. The van der Waals surface area contributed by atoms with E-state index in [1.54, 1.807) is 6.07 Å². The van der Waals surface area contributed by atoms with E-state index in [2.05, 4.69) is 10.3 Å². The van der Waals surface area contributed by atoms with Crippen LogP contribution in [-0.4, -0.2) is 25.2 Å². The first kappa shape index (κ1) is 20.0. The van der Waals surface area contributed by atoms with Crippen LogP contribution < -0.4 is 20.5 Å². The molecule has 0 spiro atoms. The van der Waals surface area contributed by atoms with E-state index in [-0.39, 0.29) is 41.0 Å². The van der Waals surface area contributed by atoms with E-state index in [4.69, 9.17) is 26.8 Å². The van der Waals surface area contributed by atoms with Crippen LogP contribution in [0.2, 0.25) is 5.02 Å². The first-order valence-corrected chi connectivity index (χ1v) is 8.93. The first-order chi connectivity index (χ1) is 12.6. The predicted octanol–water partition coefficient (Wildman–Crippen LogP) is 4.54. The van der Waals surface area contributed by atoms with Gasteiger partial charge in [0.1, 0.15) is 5.82 Å². The van der Waals surface area contributed by atoms with Crippen molar-refractivity contribution in [2.24, 2.45) is 10.7 Å². The van der Waals surface area contributed by atoms with Crippen molar-refractivity contribution in [3.05, 3.63) is 52.8 Å². The molecule has 1 aliphatic heterocycles. The van der Waals surface area contributed by atoms with Crippen LogP contribution in [0, 0.1) is 5.82 Å². The van der Waals surface area contributed by atoms with Gasteiger partial charge in [0.05, 0.1) is 24.3 Å². The third-order valence-corrected chi connectivity index (χ3v) is 4.76. The van der Waals surface area contributed by atoms with Gasteiger partial charge in [-0.15, -0.1) is 24.0 Å². The number of halogens is 3. The van der Waals surface area contributed by atoms with Crippen LogP contribution in [0.5, 0.6) is 11.5 Å². The molecular formula is C19H20ClFIN3O2. The molecule has 0 amide bonds. The maximum atomic E-state index is 13.6. The normalized spacial score (nSPS) is 21.0. The lowest BCUT2D eigenvalue weighted by molar-refractivity contribution is 0.297. The molecular weight excluding hydrogens is 484 g/mol. The molecule has 2 aliphatic rings. The van der Waals surface area contributed by atoms with Crippen molar-refractivity contribution in [1.29, 1.82) is 0 Å². The lowest BCUT2D eigenvalue weighted by atomic mass is 10.1. The molecule has 1 fully saturated rings. The Bertz CT molecular complexity index is 865. The highest BCUT2D eigenvalue weighted by Gasteiger charge is 2.39. The van der Waals surface area contributed by atoms with E-state index in [1.165, 1.54) is 6.07 Å². The van der Waals surface area contributed by atoms with Gasteiger partial charge in [-0.3, -0.25) is 0 Å². The topological polar surface area (TPSA) is 68.9 Å². The summed E-state index contributed by atoms with van der Waals surface area (Å²) in [6.45, 7) is 1.28. The van der Waals surface area contributed by atoms with E-state index in [1.807, 2.05) is 24.3 Å². The van der Waals surface area contributed by atoms with Crippen molar-refractivity contribution in [3.63, 3.8) is 0 Å². The van der Waals surface area contributed by atoms with Crippen molar-refractivity contribution in [2.75, 3.05) is 18.5 Å². The molecule has 0 saturated heterocycles. The predicted molar refractivity (Wildman–Crippen MR) is 115 cm³/mol. The summed E-state index contributed by atoms with van der Waals surface area (Å²) in [4.78, 5) is 4.48. The Hall–Kier alpha value is -1.74. The molecule has 0 unspecified atom stereocenters. The number of guanidine groups is 1. The number of aliphatic imine (C=N–C) groups is 1. The zero-order valence-corrected chi connectivity index (χ0v) is 17.5. The summed E-state index contributed by atoms with van der Waals surface area (Å²) in [5, 5.41) is 3.20. The fourth-order valence-corrected chi connectivity index (χ4v) is 3.14. The Morgan fingerprint density at radius 3 is 2.70 bits per heavy atom. The van der Waals surface area contributed by atoms with Crippen molar-refractivity contribution < 1.29 is 13.9 Å². The minimum Gasteiger partial charge on any atom is -0.490 e. The van der Waals surface area contributed by atoms with Gasteiger partial charge in [-0.25, -0.2) is 9.38 Å². The number of ether oxygens (including phenoxy) is 2. The number of nitrogens with one attached hydrogen (secondary N) is 1. The highest BCUT2D eigenvalue weighted by atomic mass is 127. The van der Waals surface area contributed by atoms with Crippen molar-refractivity contribution in [2.45, 2.75) is 24.8 Å². The maximum Gasteiger partial charge on any atom is 0.193 e. The van der Waals surface area contributed by atoms with Crippen molar-refractivity contribution in [1.82, 2.24) is 0 Å². The fourth-order valence-electron chi connectivity index (χ4n) is 3.03. The molecule has 5 nitrogen and oxygen atoms in total. The smallest absolute Gasteiger partial charge is 0.193 e. The second-order valence-electron chi connectivity index (χ2n) is 6.43. The summed E-state index contributed by atoms with van der Waals surface area (Å²) < 4.78 is 24.9. The van der Waals surface area contributed by atoms with E-state index in [0.717, 1.165) is 29.8 Å².